The first-order valence-electron chi connectivity index (χ1n) is 5.67. The zero-order valence-electron chi connectivity index (χ0n) is 10.6. The molecule has 0 N–H and O–H groups in total. The van der Waals surface area contributed by atoms with E-state index in [0.717, 1.165) is 31.1 Å². The minimum atomic E-state index is 0.815. The molecule has 0 rings (SSSR count). The summed E-state index contributed by atoms with van der Waals surface area (Å²) in [6, 6.07) is 0. The third-order valence-corrected chi connectivity index (χ3v) is 2.42. The van der Waals surface area contributed by atoms with Crippen molar-refractivity contribution in [3.8, 4) is 0 Å². The molecule has 0 heterocycles. The van der Waals surface area contributed by atoms with Crippen LogP contribution in [0.2, 0.25) is 0 Å². The Morgan fingerprint density at radius 3 is 2.31 bits per heavy atom. The highest BCUT2D eigenvalue weighted by Gasteiger charge is 1.89. The van der Waals surface area contributed by atoms with Gasteiger partial charge in [-0.05, 0) is 45.6 Å². The van der Waals surface area contributed by atoms with E-state index in [9.17, 15) is 4.79 Å². The van der Waals surface area contributed by atoms with Crippen molar-refractivity contribution in [2.24, 2.45) is 0 Å². The lowest BCUT2D eigenvalue weighted by Crippen LogP contribution is -1.80. The Labute approximate surface area is 99.3 Å². The molecule has 1 nitrogen and oxygen atoms in total. The second kappa shape index (κ2) is 8.90. The van der Waals surface area contributed by atoms with E-state index >= 15 is 0 Å². The second-order valence-electron chi connectivity index (χ2n) is 4.04. The number of carbonyl (C=O) groups excluding carboxylic acids is 1. The average Bonchev–Trinajstić information content (AvgIpc) is 2.28. The van der Waals surface area contributed by atoms with E-state index in [1.54, 1.807) is 0 Å². The third-order valence-electron chi connectivity index (χ3n) is 2.42. The molecular formula is C15H22O. The molecule has 1 heteroatoms. The van der Waals surface area contributed by atoms with Crippen LogP contribution >= 0.6 is 0 Å². The molecule has 0 radical (unpaired) electrons. The fourth-order valence-electron chi connectivity index (χ4n) is 1.21. The Morgan fingerprint density at radius 1 is 1.06 bits per heavy atom. The van der Waals surface area contributed by atoms with Crippen LogP contribution in [0, 0.1) is 0 Å². The van der Waals surface area contributed by atoms with Crippen molar-refractivity contribution in [2.45, 2.75) is 40.0 Å². The summed E-state index contributed by atoms with van der Waals surface area (Å²) in [5.41, 5.74) is 3.39. The maximum absolute atomic E-state index is 10.4. The minimum Gasteiger partial charge on any atom is -0.298 e. The van der Waals surface area contributed by atoms with Gasteiger partial charge in [-0.25, -0.2) is 0 Å². The van der Waals surface area contributed by atoms with Crippen molar-refractivity contribution in [2.75, 3.05) is 0 Å². The molecule has 16 heavy (non-hydrogen) atoms. The van der Waals surface area contributed by atoms with E-state index in [0.29, 0.717) is 0 Å². The summed E-state index contributed by atoms with van der Waals surface area (Å²) < 4.78 is 0. The summed E-state index contributed by atoms with van der Waals surface area (Å²) in [7, 11) is 0. The van der Waals surface area contributed by atoms with Gasteiger partial charge in [-0.3, -0.25) is 4.79 Å². The highest BCUT2D eigenvalue weighted by Crippen LogP contribution is 2.08. The van der Waals surface area contributed by atoms with Gasteiger partial charge in [0, 0.05) is 0 Å². The lowest BCUT2D eigenvalue weighted by Gasteiger charge is -1.97. The predicted octanol–water partition coefficient (Wildman–Crippen LogP) is 4.38. The van der Waals surface area contributed by atoms with E-state index in [2.05, 4.69) is 25.7 Å². The molecule has 0 aliphatic heterocycles. The summed E-state index contributed by atoms with van der Waals surface area (Å²) in [5.74, 6) is 0. The van der Waals surface area contributed by atoms with Crippen molar-refractivity contribution in [1.29, 1.82) is 0 Å². The average molecular weight is 218 g/mol. The monoisotopic (exact) mass is 218 g/mol. The zero-order chi connectivity index (χ0) is 12.4. The molecular weight excluding hydrogens is 196 g/mol. The van der Waals surface area contributed by atoms with Crippen LogP contribution in [0.15, 0.2) is 47.6 Å². The van der Waals surface area contributed by atoms with Gasteiger partial charge in [-0.2, -0.15) is 0 Å². The molecule has 0 aromatic rings. The molecule has 0 amide bonds. The van der Waals surface area contributed by atoms with Crippen molar-refractivity contribution in [3.05, 3.63) is 47.6 Å². The summed E-state index contributed by atoms with van der Waals surface area (Å²) in [6.07, 6.45) is 12.0. The standard InChI is InChI=1S/C15H22O/c1-5-13(2)8-6-9-14(3)10-7-11-15(4)12-16/h5,8-9,11-12H,1,6-7,10H2,2-4H3/b13-8+,14-9?,15-11+. The lowest BCUT2D eigenvalue weighted by molar-refractivity contribution is -0.104. The summed E-state index contributed by atoms with van der Waals surface area (Å²) in [6.45, 7) is 9.72. The normalized spacial score (nSPS) is 13.8. The Bertz CT molecular complexity index is 316. The van der Waals surface area contributed by atoms with E-state index < -0.39 is 0 Å². The summed E-state index contributed by atoms with van der Waals surface area (Å²) >= 11 is 0. The van der Waals surface area contributed by atoms with Gasteiger partial charge in [0.2, 0.25) is 0 Å². The van der Waals surface area contributed by atoms with Gasteiger partial charge < -0.3 is 0 Å². The summed E-state index contributed by atoms with van der Waals surface area (Å²) in [5, 5.41) is 0. The maximum Gasteiger partial charge on any atom is 0.145 e. The zero-order valence-corrected chi connectivity index (χ0v) is 10.6. The van der Waals surface area contributed by atoms with Gasteiger partial charge in [0.1, 0.15) is 6.29 Å². The lowest BCUT2D eigenvalue weighted by atomic mass is 10.1. The van der Waals surface area contributed by atoms with Crippen LogP contribution in [0.25, 0.3) is 0 Å². The van der Waals surface area contributed by atoms with Gasteiger partial charge in [0.05, 0.1) is 0 Å². The molecule has 0 atom stereocenters. The van der Waals surface area contributed by atoms with Gasteiger partial charge in [-0.15, -0.1) is 0 Å². The molecule has 0 aromatic carbocycles. The highest BCUT2D eigenvalue weighted by atomic mass is 16.1. The molecule has 0 saturated heterocycles. The first kappa shape index (κ1) is 14.6. The predicted molar refractivity (Wildman–Crippen MR) is 71.4 cm³/mol. The van der Waals surface area contributed by atoms with Crippen molar-refractivity contribution in [1.82, 2.24) is 0 Å². The van der Waals surface area contributed by atoms with Crippen LogP contribution in [-0.2, 0) is 4.79 Å². The van der Waals surface area contributed by atoms with Crippen LogP contribution in [0.1, 0.15) is 40.0 Å². The van der Waals surface area contributed by atoms with Gasteiger partial charge in [0.25, 0.3) is 0 Å². The first-order valence-corrected chi connectivity index (χ1v) is 5.67. The molecule has 0 bridgehead atoms. The number of hydrogen-bond acceptors (Lipinski definition) is 1. The molecule has 0 aromatic heterocycles. The van der Waals surface area contributed by atoms with Crippen LogP contribution < -0.4 is 0 Å². The molecule has 0 spiro atoms. The Kier molecular flexibility index (Phi) is 8.14. The van der Waals surface area contributed by atoms with Crippen LogP contribution in [-0.4, -0.2) is 6.29 Å². The van der Waals surface area contributed by atoms with Crippen molar-refractivity contribution < 1.29 is 4.79 Å². The van der Waals surface area contributed by atoms with Crippen molar-refractivity contribution >= 4 is 6.29 Å². The Hall–Kier alpha value is -1.37. The molecule has 0 aliphatic carbocycles. The fraction of sp³-hybridized carbons (Fsp3) is 0.400. The smallest absolute Gasteiger partial charge is 0.145 e. The molecule has 0 saturated carbocycles. The number of aldehydes is 1. The minimum absolute atomic E-state index is 0.815. The largest absolute Gasteiger partial charge is 0.298 e. The molecule has 0 unspecified atom stereocenters. The van der Waals surface area contributed by atoms with Crippen LogP contribution in [0.3, 0.4) is 0 Å². The van der Waals surface area contributed by atoms with E-state index in [4.69, 9.17) is 0 Å². The number of hydrogen-bond donors (Lipinski definition) is 0. The number of carbonyl (C=O) groups is 1. The Balaban J connectivity index is 3.97. The van der Waals surface area contributed by atoms with Crippen LogP contribution in [0.5, 0.6) is 0 Å². The quantitative estimate of drug-likeness (QED) is 0.268. The molecule has 0 aliphatic rings. The SMILES string of the molecule is C=C/C(C)=C/CC=C(C)CC/C=C(\C)C=O. The number of allylic oxidation sites excluding steroid dienone is 7. The van der Waals surface area contributed by atoms with E-state index in [1.807, 2.05) is 26.0 Å². The van der Waals surface area contributed by atoms with Gasteiger partial charge in [-0.1, -0.05) is 42.0 Å². The number of rotatable bonds is 7. The first-order chi connectivity index (χ1) is 7.60. The van der Waals surface area contributed by atoms with Gasteiger partial charge in [0.15, 0.2) is 0 Å². The Morgan fingerprint density at radius 2 is 1.75 bits per heavy atom. The van der Waals surface area contributed by atoms with E-state index in [-0.39, 0.29) is 0 Å². The second-order valence-corrected chi connectivity index (χ2v) is 4.04. The summed E-state index contributed by atoms with van der Waals surface area (Å²) in [4.78, 5) is 10.4. The molecule has 0 fully saturated rings. The highest BCUT2D eigenvalue weighted by molar-refractivity contribution is 5.71. The maximum atomic E-state index is 10.4. The van der Waals surface area contributed by atoms with Gasteiger partial charge >= 0.3 is 0 Å². The fourth-order valence-corrected chi connectivity index (χ4v) is 1.21. The third kappa shape index (κ3) is 7.98. The topological polar surface area (TPSA) is 17.1 Å². The molecule has 88 valence electrons. The van der Waals surface area contributed by atoms with Crippen molar-refractivity contribution in [3.63, 3.8) is 0 Å². The van der Waals surface area contributed by atoms with Crippen LogP contribution in [0.4, 0.5) is 0 Å². The van der Waals surface area contributed by atoms with E-state index in [1.165, 1.54) is 11.1 Å².